The third-order valence-corrected chi connectivity index (χ3v) is 3.29. The Hall–Kier alpha value is -3.10. The van der Waals surface area contributed by atoms with Crippen molar-refractivity contribution < 1.29 is 14.3 Å². The maximum Gasteiger partial charge on any atom is 0.331 e. The van der Waals surface area contributed by atoms with Gasteiger partial charge in [-0.2, -0.15) is 5.26 Å². The fourth-order valence-corrected chi connectivity index (χ4v) is 1.98. The second-order valence-corrected chi connectivity index (χ2v) is 5.11. The predicted molar refractivity (Wildman–Crippen MR) is 91.2 cm³/mol. The fraction of sp³-hybridized carbons (Fsp3) is 0.0556. The Morgan fingerprint density at radius 1 is 1.17 bits per heavy atom. The molecule has 6 heteroatoms. The van der Waals surface area contributed by atoms with Gasteiger partial charge in [-0.25, -0.2) is 4.79 Å². The van der Waals surface area contributed by atoms with E-state index in [0.29, 0.717) is 21.8 Å². The van der Waals surface area contributed by atoms with Crippen molar-refractivity contribution in [1.82, 2.24) is 0 Å². The predicted octanol–water partition coefficient (Wildman–Crippen LogP) is 3.41. The molecular formula is C18H13ClN2O3. The van der Waals surface area contributed by atoms with Crippen LogP contribution in [0.15, 0.2) is 54.6 Å². The standard InChI is InChI=1S/C18H13ClN2O3/c19-16-4-2-1-3-14(16)7-10-18(23)24-12-17(22)21-15-8-5-13(11-20)6-9-15/h1-10H,12H2,(H,21,22)/b10-7+. The lowest BCUT2D eigenvalue weighted by atomic mass is 10.2. The molecule has 0 atom stereocenters. The van der Waals surface area contributed by atoms with Crippen LogP contribution in [0.2, 0.25) is 5.02 Å². The van der Waals surface area contributed by atoms with E-state index < -0.39 is 18.5 Å². The van der Waals surface area contributed by atoms with Gasteiger partial charge < -0.3 is 10.1 Å². The summed E-state index contributed by atoms with van der Waals surface area (Å²) < 4.78 is 4.85. The van der Waals surface area contributed by atoms with E-state index >= 15 is 0 Å². The average molecular weight is 341 g/mol. The zero-order chi connectivity index (χ0) is 17.4. The molecule has 0 aliphatic rings. The summed E-state index contributed by atoms with van der Waals surface area (Å²) in [6, 6.07) is 15.4. The van der Waals surface area contributed by atoms with Crippen molar-refractivity contribution in [1.29, 1.82) is 5.26 Å². The quantitative estimate of drug-likeness (QED) is 0.668. The highest BCUT2D eigenvalue weighted by Gasteiger charge is 2.06. The molecule has 0 saturated carbocycles. The largest absolute Gasteiger partial charge is 0.452 e. The lowest BCUT2D eigenvalue weighted by molar-refractivity contribution is -0.142. The Balaban J connectivity index is 1.81. The van der Waals surface area contributed by atoms with Crippen molar-refractivity contribution in [2.24, 2.45) is 0 Å². The molecule has 2 rings (SSSR count). The van der Waals surface area contributed by atoms with Crippen LogP contribution in [0.1, 0.15) is 11.1 Å². The van der Waals surface area contributed by atoms with Crippen molar-refractivity contribution >= 4 is 35.2 Å². The van der Waals surface area contributed by atoms with Crippen LogP contribution in [-0.4, -0.2) is 18.5 Å². The van der Waals surface area contributed by atoms with Crippen molar-refractivity contribution in [2.75, 3.05) is 11.9 Å². The monoisotopic (exact) mass is 340 g/mol. The molecule has 0 fully saturated rings. The van der Waals surface area contributed by atoms with E-state index in [9.17, 15) is 9.59 Å². The maximum absolute atomic E-state index is 11.7. The number of hydrogen-bond donors (Lipinski definition) is 1. The number of amides is 1. The van der Waals surface area contributed by atoms with Gasteiger partial charge >= 0.3 is 5.97 Å². The normalized spacial score (nSPS) is 10.2. The van der Waals surface area contributed by atoms with E-state index in [2.05, 4.69) is 5.32 Å². The Labute approximate surface area is 144 Å². The molecule has 0 aromatic heterocycles. The first-order valence-electron chi connectivity index (χ1n) is 6.98. The molecule has 0 saturated heterocycles. The molecule has 0 aliphatic heterocycles. The van der Waals surface area contributed by atoms with E-state index in [4.69, 9.17) is 21.6 Å². The van der Waals surface area contributed by atoms with Gasteiger partial charge in [0, 0.05) is 16.8 Å². The van der Waals surface area contributed by atoms with Gasteiger partial charge in [0.25, 0.3) is 5.91 Å². The number of carbonyl (C=O) groups is 2. The number of hydrogen-bond acceptors (Lipinski definition) is 4. The van der Waals surface area contributed by atoms with Crippen LogP contribution in [0.3, 0.4) is 0 Å². The van der Waals surface area contributed by atoms with Crippen molar-refractivity contribution in [3.63, 3.8) is 0 Å². The summed E-state index contributed by atoms with van der Waals surface area (Å²) in [4.78, 5) is 23.3. The topological polar surface area (TPSA) is 79.2 Å². The molecule has 1 N–H and O–H groups in total. The highest BCUT2D eigenvalue weighted by molar-refractivity contribution is 6.32. The van der Waals surface area contributed by atoms with Gasteiger partial charge in [-0.15, -0.1) is 0 Å². The summed E-state index contributed by atoms with van der Waals surface area (Å²) in [5, 5.41) is 11.8. The van der Waals surface area contributed by atoms with E-state index in [1.165, 1.54) is 12.2 Å². The molecule has 0 aliphatic carbocycles. The molecule has 0 radical (unpaired) electrons. The second kappa shape index (κ2) is 8.51. The van der Waals surface area contributed by atoms with Crippen molar-refractivity contribution in [3.05, 3.63) is 70.8 Å². The molecule has 2 aromatic rings. The van der Waals surface area contributed by atoms with Crippen molar-refractivity contribution in [3.8, 4) is 6.07 Å². The third kappa shape index (κ3) is 5.27. The van der Waals surface area contributed by atoms with Crippen LogP contribution in [0.25, 0.3) is 6.08 Å². The molecule has 120 valence electrons. The van der Waals surface area contributed by atoms with E-state index in [1.54, 1.807) is 48.5 Å². The van der Waals surface area contributed by atoms with Gasteiger partial charge in [-0.1, -0.05) is 29.8 Å². The first-order chi connectivity index (χ1) is 11.6. The van der Waals surface area contributed by atoms with Crippen LogP contribution in [0.4, 0.5) is 5.69 Å². The Morgan fingerprint density at radius 3 is 2.54 bits per heavy atom. The first-order valence-corrected chi connectivity index (χ1v) is 7.35. The molecule has 0 unspecified atom stereocenters. The minimum atomic E-state index is -0.648. The maximum atomic E-state index is 11.7. The average Bonchev–Trinajstić information content (AvgIpc) is 2.60. The first kappa shape index (κ1) is 17.3. The minimum absolute atomic E-state index is 0.411. The number of carbonyl (C=O) groups excluding carboxylic acids is 2. The number of rotatable bonds is 5. The van der Waals surface area contributed by atoms with E-state index in [0.717, 1.165) is 0 Å². The zero-order valence-corrected chi connectivity index (χ0v) is 13.3. The number of halogens is 1. The van der Waals surface area contributed by atoms with Crippen LogP contribution < -0.4 is 5.32 Å². The van der Waals surface area contributed by atoms with Crippen LogP contribution in [-0.2, 0) is 14.3 Å². The summed E-state index contributed by atoms with van der Waals surface area (Å²) >= 11 is 5.96. The van der Waals surface area contributed by atoms with Gasteiger partial charge in [-0.05, 0) is 42.0 Å². The molecule has 24 heavy (non-hydrogen) atoms. The summed E-state index contributed by atoms with van der Waals surface area (Å²) in [5.41, 5.74) is 1.68. The molecule has 0 spiro atoms. The van der Waals surface area contributed by atoms with Crippen molar-refractivity contribution in [2.45, 2.75) is 0 Å². The Kier molecular flexibility index (Phi) is 6.12. The third-order valence-electron chi connectivity index (χ3n) is 2.95. The highest BCUT2D eigenvalue weighted by atomic mass is 35.5. The number of benzene rings is 2. The van der Waals surface area contributed by atoms with Gasteiger partial charge in [0.15, 0.2) is 6.61 Å². The lowest BCUT2D eigenvalue weighted by Crippen LogP contribution is -2.20. The van der Waals surface area contributed by atoms with Crippen LogP contribution in [0.5, 0.6) is 0 Å². The Morgan fingerprint density at radius 2 is 1.88 bits per heavy atom. The van der Waals surface area contributed by atoms with E-state index in [1.807, 2.05) is 6.07 Å². The number of nitrogens with one attached hydrogen (secondary N) is 1. The number of anilines is 1. The second-order valence-electron chi connectivity index (χ2n) is 4.70. The number of nitrogens with zero attached hydrogens (tertiary/aromatic N) is 1. The van der Waals surface area contributed by atoms with Gasteiger partial charge in [0.05, 0.1) is 11.6 Å². The summed E-state index contributed by atoms with van der Waals surface area (Å²) in [6.45, 7) is -0.411. The van der Waals surface area contributed by atoms with Gasteiger partial charge in [-0.3, -0.25) is 4.79 Å². The number of nitriles is 1. The van der Waals surface area contributed by atoms with E-state index in [-0.39, 0.29) is 0 Å². The molecule has 0 heterocycles. The number of esters is 1. The smallest absolute Gasteiger partial charge is 0.331 e. The molecular weight excluding hydrogens is 328 g/mol. The fourth-order valence-electron chi connectivity index (χ4n) is 1.78. The summed E-state index contributed by atoms with van der Waals surface area (Å²) in [5.74, 6) is -1.12. The summed E-state index contributed by atoms with van der Waals surface area (Å²) in [7, 11) is 0. The molecule has 5 nitrogen and oxygen atoms in total. The molecule has 2 aromatic carbocycles. The highest BCUT2D eigenvalue weighted by Crippen LogP contribution is 2.16. The molecule has 1 amide bonds. The minimum Gasteiger partial charge on any atom is -0.452 e. The molecule has 0 bridgehead atoms. The summed E-state index contributed by atoms with van der Waals surface area (Å²) in [6.07, 6.45) is 2.72. The van der Waals surface area contributed by atoms with Gasteiger partial charge in [0.2, 0.25) is 0 Å². The van der Waals surface area contributed by atoms with Crippen LogP contribution >= 0.6 is 11.6 Å². The lowest BCUT2D eigenvalue weighted by Gasteiger charge is -2.05. The number of ether oxygens (including phenoxy) is 1. The van der Waals surface area contributed by atoms with Crippen LogP contribution in [0, 0.1) is 11.3 Å². The SMILES string of the molecule is N#Cc1ccc(NC(=O)COC(=O)/C=C/c2ccccc2Cl)cc1. The van der Waals surface area contributed by atoms with Gasteiger partial charge in [0.1, 0.15) is 0 Å². The Bertz CT molecular complexity index is 808. The zero-order valence-electron chi connectivity index (χ0n) is 12.5.